The van der Waals surface area contributed by atoms with Gasteiger partial charge in [-0.1, -0.05) is 12.2 Å². The van der Waals surface area contributed by atoms with Crippen molar-refractivity contribution in [2.75, 3.05) is 5.32 Å². The van der Waals surface area contributed by atoms with Crippen LogP contribution in [0.5, 0.6) is 0 Å². The first-order valence-electron chi connectivity index (χ1n) is 5.97. The summed E-state index contributed by atoms with van der Waals surface area (Å²) in [6.45, 7) is 5.48. The third-order valence-corrected chi connectivity index (χ3v) is 2.61. The summed E-state index contributed by atoms with van der Waals surface area (Å²) in [7, 11) is 0. The maximum Gasteiger partial charge on any atom is 0.412 e. The Balaban J connectivity index is 2.20. The Hall–Kier alpha value is -1.88. The van der Waals surface area contributed by atoms with Gasteiger partial charge in [-0.05, 0) is 51.1 Å². The molecule has 0 aliphatic rings. The number of fused-ring (bicyclic) bond motifs is 1. The van der Waals surface area contributed by atoms with Crippen LogP contribution in [0.1, 0.15) is 20.8 Å². The molecule has 4 nitrogen and oxygen atoms in total. The molecular weight excluding hydrogens is 260 g/mol. The number of H-pyrrole nitrogens is 1. The Morgan fingerprint density at radius 2 is 2.00 bits per heavy atom. The summed E-state index contributed by atoms with van der Waals surface area (Å²) in [4.78, 5) is 14.7. The number of amides is 1. The van der Waals surface area contributed by atoms with E-state index in [1.165, 1.54) is 0 Å². The van der Waals surface area contributed by atoms with Crippen molar-refractivity contribution in [3.8, 4) is 0 Å². The first-order chi connectivity index (χ1) is 8.83. The van der Waals surface area contributed by atoms with Crippen molar-refractivity contribution in [2.45, 2.75) is 26.4 Å². The molecule has 0 bridgehead atoms. The van der Waals surface area contributed by atoms with Crippen LogP contribution < -0.4 is 5.32 Å². The Morgan fingerprint density at radius 3 is 2.68 bits per heavy atom. The van der Waals surface area contributed by atoms with Crippen LogP contribution in [0.25, 0.3) is 10.9 Å². The minimum Gasteiger partial charge on any atom is -0.444 e. The van der Waals surface area contributed by atoms with Crippen LogP contribution in [0.4, 0.5) is 10.5 Å². The van der Waals surface area contributed by atoms with E-state index in [4.69, 9.17) is 17.0 Å². The number of pyridine rings is 1. The third kappa shape index (κ3) is 3.79. The predicted octanol–water partition coefficient (Wildman–Crippen LogP) is 4.24. The van der Waals surface area contributed by atoms with Crippen molar-refractivity contribution >= 4 is 34.9 Å². The second-order valence-electron chi connectivity index (χ2n) is 5.25. The van der Waals surface area contributed by atoms with E-state index in [9.17, 15) is 4.79 Å². The molecule has 0 saturated carbocycles. The van der Waals surface area contributed by atoms with E-state index < -0.39 is 11.7 Å². The number of carbonyl (C=O) groups is 1. The molecule has 2 N–H and O–H groups in total. The first-order valence-corrected chi connectivity index (χ1v) is 6.37. The maximum absolute atomic E-state index is 11.7. The molecule has 100 valence electrons. The second kappa shape index (κ2) is 5.01. The lowest BCUT2D eigenvalue weighted by Crippen LogP contribution is -2.27. The molecule has 0 unspecified atom stereocenters. The molecule has 5 heteroatoms. The molecule has 0 radical (unpaired) electrons. The van der Waals surface area contributed by atoms with Crippen LogP contribution in [0.2, 0.25) is 0 Å². The summed E-state index contributed by atoms with van der Waals surface area (Å²) in [5, 5.41) is 3.68. The fourth-order valence-electron chi connectivity index (χ4n) is 1.65. The molecule has 1 aromatic carbocycles. The molecule has 0 spiro atoms. The number of ether oxygens (including phenoxy) is 1. The quantitative estimate of drug-likeness (QED) is 0.766. The summed E-state index contributed by atoms with van der Waals surface area (Å²) >= 11 is 5.06. The fourth-order valence-corrected chi connectivity index (χ4v) is 1.83. The van der Waals surface area contributed by atoms with Gasteiger partial charge in [0.2, 0.25) is 0 Å². The van der Waals surface area contributed by atoms with E-state index in [2.05, 4.69) is 10.3 Å². The highest BCUT2D eigenvalue weighted by Gasteiger charge is 2.16. The number of aromatic nitrogens is 1. The molecule has 0 aliphatic heterocycles. The molecule has 0 aliphatic carbocycles. The van der Waals surface area contributed by atoms with Gasteiger partial charge in [0.15, 0.2) is 0 Å². The number of carbonyl (C=O) groups excluding carboxylic acids is 1. The van der Waals surface area contributed by atoms with Crippen molar-refractivity contribution in [2.24, 2.45) is 0 Å². The van der Waals surface area contributed by atoms with Crippen molar-refractivity contribution in [1.29, 1.82) is 0 Å². The average Bonchev–Trinajstić information content (AvgIpc) is 2.26. The minimum absolute atomic E-state index is 0.462. The SMILES string of the molecule is CC(C)(C)OC(=O)Nc1ccc2[nH]c(=S)ccc2c1. The minimum atomic E-state index is -0.508. The number of rotatable bonds is 1. The van der Waals surface area contributed by atoms with Gasteiger partial charge in [-0.25, -0.2) is 4.79 Å². The topological polar surface area (TPSA) is 54.1 Å². The summed E-state index contributed by atoms with van der Waals surface area (Å²) in [5.41, 5.74) is 1.11. The summed E-state index contributed by atoms with van der Waals surface area (Å²) in [5.74, 6) is 0. The molecule has 19 heavy (non-hydrogen) atoms. The van der Waals surface area contributed by atoms with Crippen LogP contribution >= 0.6 is 12.2 Å². The monoisotopic (exact) mass is 276 g/mol. The zero-order valence-corrected chi connectivity index (χ0v) is 11.9. The van der Waals surface area contributed by atoms with E-state index in [-0.39, 0.29) is 0 Å². The largest absolute Gasteiger partial charge is 0.444 e. The zero-order valence-electron chi connectivity index (χ0n) is 11.1. The van der Waals surface area contributed by atoms with Crippen molar-refractivity contribution in [3.63, 3.8) is 0 Å². The Kier molecular flexibility index (Phi) is 3.57. The molecule has 0 saturated heterocycles. The second-order valence-corrected chi connectivity index (χ2v) is 5.69. The van der Waals surface area contributed by atoms with Crippen LogP contribution in [-0.4, -0.2) is 16.7 Å². The average molecular weight is 276 g/mol. The van der Waals surface area contributed by atoms with Gasteiger partial charge in [0, 0.05) is 16.6 Å². The van der Waals surface area contributed by atoms with Gasteiger partial charge in [-0.2, -0.15) is 0 Å². The third-order valence-electron chi connectivity index (χ3n) is 2.37. The lowest BCUT2D eigenvalue weighted by molar-refractivity contribution is 0.0636. The smallest absolute Gasteiger partial charge is 0.412 e. The van der Waals surface area contributed by atoms with Gasteiger partial charge in [0.1, 0.15) is 10.2 Å². The molecule has 1 amide bonds. The van der Waals surface area contributed by atoms with E-state index >= 15 is 0 Å². The number of aromatic amines is 1. The van der Waals surface area contributed by atoms with Gasteiger partial charge in [0.05, 0.1) is 0 Å². The van der Waals surface area contributed by atoms with Crippen molar-refractivity contribution < 1.29 is 9.53 Å². The van der Waals surface area contributed by atoms with E-state index in [0.717, 1.165) is 10.9 Å². The highest BCUT2D eigenvalue weighted by atomic mass is 32.1. The highest BCUT2D eigenvalue weighted by molar-refractivity contribution is 7.71. The van der Waals surface area contributed by atoms with Crippen LogP contribution in [0.3, 0.4) is 0 Å². The molecule has 1 aromatic heterocycles. The summed E-state index contributed by atoms with van der Waals surface area (Å²) < 4.78 is 5.88. The van der Waals surface area contributed by atoms with Gasteiger partial charge >= 0.3 is 6.09 Å². The van der Waals surface area contributed by atoms with E-state index in [1.54, 1.807) is 6.07 Å². The highest BCUT2D eigenvalue weighted by Crippen LogP contribution is 2.18. The molecule has 0 atom stereocenters. The number of hydrogen-bond acceptors (Lipinski definition) is 3. The summed E-state index contributed by atoms with van der Waals surface area (Å²) in [6, 6.07) is 9.27. The molecule has 2 rings (SSSR count). The van der Waals surface area contributed by atoms with Crippen molar-refractivity contribution in [3.05, 3.63) is 35.0 Å². The first kappa shape index (κ1) is 13.5. The number of anilines is 1. The Morgan fingerprint density at radius 1 is 1.26 bits per heavy atom. The van der Waals surface area contributed by atoms with Crippen molar-refractivity contribution in [1.82, 2.24) is 4.98 Å². The predicted molar refractivity (Wildman–Crippen MR) is 79.0 cm³/mol. The Bertz CT molecular complexity index is 671. The zero-order chi connectivity index (χ0) is 14.0. The van der Waals surface area contributed by atoms with E-state index in [0.29, 0.717) is 10.3 Å². The van der Waals surface area contributed by atoms with E-state index in [1.807, 2.05) is 45.0 Å². The summed E-state index contributed by atoms with van der Waals surface area (Å²) in [6.07, 6.45) is -0.462. The van der Waals surface area contributed by atoms with Gasteiger partial charge in [0.25, 0.3) is 0 Å². The number of benzene rings is 1. The fraction of sp³-hybridized carbons (Fsp3) is 0.286. The maximum atomic E-state index is 11.7. The number of hydrogen-bond donors (Lipinski definition) is 2. The lowest BCUT2D eigenvalue weighted by Gasteiger charge is -2.19. The van der Waals surface area contributed by atoms with Gasteiger partial charge in [-0.15, -0.1) is 0 Å². The number of nitrogens with one attached hydrogen (secondary N) is 2. The lowest BCUT2D eigenvalue weighted by atomic mass is 10.2. The van der Waals surface area contributed by atoms with Gasteiger partial charge < -0.3 is 9.72 Å². The molecule has 1 heterocycles. The van der Waals surface area contributed by atoms with Crippen LogP contribution in [0.15, 0.2) is 30.3 Å². The van der Waals surface area contributed by atoms with Crippen LogP contribution in [0, 0.1) is 4.64 Å². The van der Waals surface area contributed by atoms with Crippen LogP contribution in [-0.2, 0) is 4.74 Å². The molecular formula is C14H16N2O2S. The standard InChI is InChI=1S/C14H16N2O2S/c1-14(2,3)18-13(17)15-10-5-6-11-9(8-10)4-7-12(19)16-11/h4-8H,1-3H3,(H,15,17)(H,16,19). The molecule has 0 fully saturated rings. The van der Waals surface area contributed by atoms with Gasteiger partial charge in [-0.3, -0.25) is 5.32 Å². The normalized spacial score (nSPS) is 11.3. The Labute approximate surface area is 116 Å². The molecule has 2 aromatic rings.